The van der Waals surface area contributed by atoms with Crippen LogP contribution in [0, 0.1) is 4.77 Å². The van der Waals surface area contributed by atoms with Gasteiger partial charge in [-0.05, 0) is 24.4 Å². The van der Waals surface area contributed by atoms with Crippen molar-refractivity contribution < 1.29 is 9.47 Å². The Morgan fingerprint density at radius 1 is 0.944 bits per heavy atom. The maximum atomic E-state index is 5.53. The highest BCUT2D eigenvalue weighted by atomic mass is 32.1. The Bertz CT molecular complexity index is 526. The fourth-order valence-corrected chi connectivity index (χ4v) is 2.45. The summed E-state index contributed by atoms with van der Waals surface area (Å²) in [6, 6.07) is 8.23. The molecule has 1 heterocycles. The molecule has 4 nitrogen and oxygen atoms in total. The van der Waals surface area contributed by atoms with Crippen LogP contribution in [0.25, 0.3) is 11.0 Å². The van der Waals surface area contributed by atoms with Crippen LogP contribution in [-0.4, -0.2) is 36.6 Å². The van der Waals surface area contributed by atoms with Gasteiger partial charge >= 0.3 is 0 Å². The van der Waals surface area contributed by atoms with Crippen molar-refractivity contribution in [2.24, 2.45) is 0 Å². The molecule has 0 spiro atoms. The van der Waals surface area contributed by atoms with E-state index in [1.165, 1.54) is 0 Å². The average molecular weight is 266 g/mol. The average Bonchev–Trinajstić information content (AvgIpc) is 2.66. The zero-order chi connectivity index (χ0) is 13.0. The summed E-state index contributed by atoms with van der Waals surface area (Å²) in [5.41, 5.74) is 2.30. The van der Waals surface area contributed by atoms with Gasteiger partial charge in [-0.15, -0.1) is 0 Å². The molecule has 0 amide bonds. The molecule has 5 heteroatoms. The first kappa shape index (κ1) is 13.3. The highest BCUT2D eigenvalue weighted by molar-refractivity contribution is 7.71. The summed E-state index contributed by atoms with van der Waals surface area (Å²) in [5, 5.41) is 0. The van der Waals surface area contributed by atoms with Crippen LogP contribution in [-0.2, 0) is 22.6 Å². The van der Waals surface area contributed by atoms with Crippen molar-refractivity contribution >= 4 is 23.3 Å². The molecule has 0 radical (unpaired) electrons. The maximum Gasteiger partial charge on any atom is 0.180 e. The Labute approximate surface area is 112 Å². The SMILES string of the molecule is COCCn1c(=S)n(CCOC)c2ccccc21. The predicted molar refractivity (Wildman–Crippen MR) is 74.5 cm³/mol. The topological polar surface area (TPSA) is 28.3 Å². The molecule has 98 valence electrons. The summed E-state index contributed by atoms with van der Waals surface area (Å²) >= 11 is 5.53. The first-order valence-electron chi connectivity index (χ1n) is 5.95. The molecule has 2 rings (SSSR count). The van der Waals surface area contributed by atoms with E-state index in [1.54, 1.807) is 14.2 Å². The van der Waals surface area contributed by atoms with Crippen molar-refractivity contribution in [2.45, 2.75) is 13.1 Å². The number of nitrogens with zero attached hydrogens (tertiary/aromatic N) is 2. The molecule has 18 heavy (non-hydrogen) atoms. The Hall–Kier alpha value is -1.17. The van der Waals surface area contributed by atoms with Crippen LogP contribution in [0.2, 0.25) is 0 Å². The quantitative estimate of drug-likeness (QED) is 0.752. The number of hydrogen-bond donors (Lipinski definition) is 0. The van der Waals surface area contributed by atoms with Crippen molar-refractivity contribution in [3.63, 3.8) is 0 Å². The van der Waals surface area contributed by atoms with Gasteiger partial charge in [0.15, 0.2) is 4.77 Å². The van der Waals surface area contributed by atoms with Crippen molar-refractivity contribution in [1.82, 2.24) is 9.13 Å². The number of benzene rings is 1. The predicted octanol–water partition coefficient (Wildman–Crippen LogP) is 2.47. The largest absolute Gasteiger partial charge is 0.383 e. The minimum Gasteiger partial charge on any atom is -0.383 e. The van der Waals surface area contributed by atoms with Crippen molar-refractivity contribution in [1.29, 1.82) is 0 Å². The lowest BCUT2D eigenvalue weighted by molar-refractivity contribution is 0.183. The first-order valence-corrected chi connectivity index (χ1v) is 6.36. The smallest absolute Gasteiger partial charge is 0.180 e. The molecule has 1 aromatic carbocycles. The molecule has 0 bridgehead atoms. The van der Waals surface area contributed by atoms with E-state index in [0.29, 0.717) is 13.2 Å². The van der Waals surface area contributed by atoms with Gasteiger partial charge in [0.1, 0.15) is 0 Å². The molecule has 0 fully saturated rings. The number of para-hydroxylation sites is 2. The van der Waals surface area contributed by atoms with Crippen LogP contribution in [0.15, 0.2) is 24.3 Å². The van der Waals surface area contributed by atoms with E-state index in [1.807, 2.05) is 12.1 Å². The van der Waals surface area contributed by atoms with Crippen LogP contribution in [0.4, 0.5) is 0 Å². The molecule has 0 atom stereocenters. The van der Waals surface area contributed by atoms with Crippen molar-refractivity contribution in [2.75, 3.05) is 27.4 Å². The van der Waals surface area contributed by atoms with Crippen molar-refractivity contribution in [3.8, 4) is 0 Å². The fourth-order valence-electron chi connectivity index (χ4n) is 2.07. The lowest BCUT2D eigenvalue weighted by Gasteiger charge is -2.03. The molecule has 0 aliphatic heterocycles. The van der Waals surface area contributed by atoms with E-state index in [0.717, 1.165) is 28.9 Å². The van der Waals surface area contributed by atoms with Crippen molar-refractivity contribution in [3.05, 3.63) is 29.0 Å². The second-order valence-corrected chi connectivity index (χ2v) is 4.43. The molecule has 2 aromatic rings. The number of fused-ring (bicyclic) bond motifs is 1. The van der Waals surface area contributed by atoms with Crippen LogP contribution >= 0.6 is 12.2 Å². The Morgan fingerprint density at radius 2 is 1.39 bits per heavy atom. The first-order chi connectivity index (χ1) is 8.79. The number of methoxy groups -OCH3 is 2. The second kappa shape index (κ2) is 6.13. The lowest BCUT2D eigenvalue weighted by Crippen LogP contribution is -2.07. The molecular weight excluding hydrogens is 248 g/mol. The number of hydrogen-bond acceptors (Lipinski definition) is 3. The van der Waals surface area contributed by atoms with Crippen LogP contribution in [0.3, 0.4) is 0 Å². The maximum absolute atomic E-state index is 5.53. The molecule has 1 aromatic heterocycles. The molecule has 0 aliphatic carbocycles. The number of rotatable bonds is 6. The van der Waals surface area contributed by atoms with Gasteiger partial charge in [0.05, 0.1) is 24.2 Å². The third-order valence-electron chi connectivity index (χ3n) is 2.96. The van der Waals surface area contributed by atoms with E-state index in [4.69, 9.17) is 21.7 Å². The second-order valence-electron chi connectivity index (χ2n) is 4.06. The molecule has 0 saturated heterocycles. The molecular formula is C13H18N2O2S. The minimum absolute atomic E-state index is 0.659. The highest BCUT2D eigenvalue weighted by Gasteiger charge is 2.09. The van der Waals surface area contributed by atoms with Gasteiger partial charge in [0.2, 0.25) is 0 Å². The van der Waals surface area contributed by atoms with Crippen LogP contribution in [0.1, 0.15) is 0 Å². The van der Waals surface area contributed by atoms with E-state index >= 15 is 0 Å². The van der Waals surface area contributed by atoms with E-state index in [-0.39, 0.29) is 0 Å². The summed E-state index contributed by atoms with van der Waals surface area (Å²) in [5.74, 6) is 0. The summed E-state index contributed by atoms with van der Waals surface area (Å²) in [4.78, 5) is 0. The summed E-state index contributed by atoms with van der Waals surface area (Å²) < 4.78 is 15.3. The van der Waals surface area contributed by atoms with Gasteiger partial charge < -0.3 is 18.6 Å². The minimum atomic E-state index is 0.659. The molecule has 0 saturated carbocycles. The standard InChI is InChI=1S/C13H18N2O2S/c1-16-9-7-14-11-5-3-4-6-12(11)15(13(14)18)8-10-17-2/h3-6H,7-10H2,1-2H3. The molecule has 0 aliphatic rings. The van der Waals surface area contributed by atoms with Crippen LogP contribution < -0.4 is 0 Å². The van der Waals surface area contributed by atoms with Gasteiger partial charge in [-0.1, -0.05) is 12.1 Å². The summed E-state index contributed by atoms with van der Waals surface area (Å²) in [6.45, 7) is 2.87. The van der Waals surface area contributed by atoms with E-state index in [9.17, 15) is 0 Å². The van der Waals surface area contributed by atoms with Gasteiger partial charge in [-0.3, -0.25) is 0 Å². The third-order valence-corrected chi connectivity index (χ3v) is 3.40. The Kier molecular flexibility index (Phi) is 4.52. The lowest BCUT2D eigenvalue weighted by atomic mass is 10.3. The number of ether oxygens (including phenoxy) is 2. The summed E-state index contributed by atoms with van der Waals surface area (Å²) in [7, 11) is 3.40. The number of aromatic nitrogens is 2. The molecule has 0 unspecified atom stereocenters. The monoisotopic (exact) mass is 266 g/mol. The van der Waals surface area contributed by atoms with Gasteiger partial charge in [-0.2, -0.15) is 0 Å². The number of imidazole rings is 1. The van der Waals surface area contributed by atoms with Gasteiger partial charge in [0.25, 0.3) is 0 Å². The zero-order valence-electron chi connectivity index (χ0n) is 10.8. The fraction of sp³-hybridized carbons (Fsp3) is 0.462. The Morgan fingerprint density at radius 3 is 1.78 bits per heavy atom. The Balaban J connectivity index is 2.49. The zero-order valence-corrected chi connectivity index (χ0v) is 11.6. The summed E-state index contributed by atoms with van der Waals surface area (Å²) in [6.07, 6.45) is 0. The van der Waals surface area contributed by atoms with E-state index < -0.39 is 0 Å². The van der Waals surface area contributed by atoms with E-state index in [2.05, 4.69) is 21.3 Å². The van der Waals surface area contributed by atoms with Gasteiger partial charge in [0, 0.05) is 27.3 Å². The van der Waals surface area contributed by atoms with Gasteiger partial charge in [-0.25, -0.2) is 0 Å². The normalized spacial score (nSPS) is 11.2. The molecule has 0 N–H and O–H groups in total. The third kappa shape index (κ3) is 2.48. The van der Waals surface area contributed by atoms with Crippen LogP contribution in [0.5, 0.6) is 0 Å². The highest BCUT2D eigenvalue weighted by Crippen LogP contribution is 2.17.